The van der Waals surface area contributed by atoms with E-state index in [4.69, 9.17) is 5.73 Å². The Balaban J connectivity index is 1.72. The van der Waals surface area contributed by atoms with Crippen molar-refractivity contribution in [2.75, 3.05) is 10.6 Å². The third-order valence-corrected chi connectivity index (χ3v) is 4.15. The molecule has 5 nitrogen and oxygen atoms in total. The molecule has 24 heavy (non-hydrogen) atoms. The summed E-state index contributed by atoms with van der Waals surface area (Å²) in [6.07, 6.45) is 1.92. The maximum atomic E-state index is 12.4. The van der Waals surface area contributed by atoms with Gasteiger partial charge in [-0.25, -0.2) is 0 Å². The molecule has 0 radical (unpaired) electrons. The van der Waals surface area contributed by atoms with Gasteiger partial charge >= 0.3 is 0 Å². The molecule has 1 saturated carbocycles. The number of amides is 2. The van der Waals surface area contributed by atoms with Crippen molar-refractivity contribution in [3.8, 4) is 0 Å². The molecular formula is C19H21N3O2. The number of hydrogen-bond donors (Lipinski definition) is 3. The van der Waals surface area contributed by atoms with Crippen LogP contribution >= 0.6 is 0 Å². The van der Waals surface area contributed by atoms with Crippen molar-refractivity contribution in [3.05, 3.63) is 59.2 Å². The van der Waals surface area contributed by atoms with Crippen LogP contribution in [0.4, 0.5) is 11.4 Å². The van der Waals surface area contributed by atoms with Crippen LogP contribution in [0.2, 0.25) is 0 Å². The highest BCUT2D eigenvalue weighted by Gasteiger charge is 2.29. The van der Waals surface area contributed by atoms with Gasteiger partial charge in [-0.3, -0.25) is 9.59 Å². The number of rotatable bonds is 5. The molecule has 1 aliphatic carbocycles. The number of carbonyl (C=O) groups excluding carboxylic acids is 2. The number of hydrogen-bond acceptors (Lipinski definition) is 3. The molecule has 3 rings (SSSR count). The van der Waals surface area contributed by atoms with Crippen LogP contribution in [0.1, 0.15) is 34.3 Å². The van der Waals surface area contributed by atoms with Gasteiger partial charge in [0, 0.05) is 29.4 Å². The van der Waals surface area contributed by atoms with Gasteiger partial charge in [0.15, 0.2) is 0 Å². The van der Waals surface area contributed by atoms with Gasteiger partial charge < -0.3 is 16.4 Å². The Morgan fingerprint density at radius 1 is 1.08 bits per heavy atom. The van der Waals surface area contributed by atoms with Crippen molar-refractivity contribution in [2.24, 2.45) is 11.7 Å². The van der Waals surface area contributed by atoms with E-state index in [1.807, 2.05) is 31.2 Å². The monoisotopic (exact) mass is 323 g/mol. The quantitative estimate of drug-likeness (QED) is 0.790. The molecule has 0 spiro atoms. The Morgan fingerprint density at radius 2 is 1.79 bits per heavy atom. The van der Waals surface area contributed by atoms with Crippen molar-refractivity contribution in [1.29, 1.82) is 0 Å². The summed E-state index contributed by atoms with van der Waals surface area (Å²) >= 11 is 0. The number of nitrogens with one attached hydrogen (secondary N) is 2. The average Bonchev–Trinajstić information content (AvgIpc) is 3.43. The minimum Gasteiger partial charge on any atom is -0.326 e. The van der Waals surface area contributed by atoms with E-state index < -0.39 is 0 Å². The smallest absolute Gasteiger partial charge is 0.255 e. The van der Waals surface area contributed by atoms with Crippen LogP contribution in [0.3, 0.4) is 0 Å². The molecule has 124 valence electrons. The number of carbonyl (C=O) groups is 2. The molecule has 2 aromatic rings. The predicted octanol–water partition coefficient (Wildman–Crippen LogP) is 3.05. The van der Waals surface area contributed by atoms with Crippen LogP contribution in [0.5, 0.6) is 0 Å². The molecule has 1 aliphatic rings. The van der Waals surface area contributed by atoms with E-state index in [9.17, 15) is 9.59 Å². The van der Waals surface area contributed by atoms with Crippen molar-refractivity contribution < 1.29 is 9.59 Å². The minimum absolute atomic E-state index is 0.0495. The molecule has 1 fully saturated rings. The first-order valence-corrected chi connectivity index (χ1v) is 8.08. The highest BCUT2D eigenvalue weighted by atomic mass is 16.2. The maximum Gasteiger partial charge on any atom is 0.255 e. The van der Waals surface area contributed by atoms with Gasteiger partial charge in [0.25, 0.3) is 5.91 Å². The lowest BCUT2D eigenvalue weighted by Crippen LogP contribution is -2.15. The van der Waals surface area contributed by atoms with Crippen LogP contribution in [0.15, 0.2) is 42.5 Å². The zero-order valence-corrected chi connectivity index (χ0v) is 13.6. The molecular weight excluding hydrogens is 302 g/mol. The van der Waals surface area contributed by atoms with Crippen LogP contribution in [0.25, 0.3) is 0 Å². The van der Waals surface area contributed by atoms with E-state index in [0.717, 1.165) is 24.0 Å². The average molecular weight is 323 g/mol. The van der Waals surface area contributed by atoms with E-state index in [2.05, 4.69) is 10.6 Å². The largest absolute Gasteiger partial charge is 0.326 e. The van der Waals surface area contributed by atoms with Crippen molar-refractivity contribution in [1.82, 2.24) is 0 Å². The fourth-order valence-electron chi connectivity index (χ4n) is 2.41. The van der Waals surface area contributed by atoms with E-state index >= 15 is 0 Å². The fraction of sp³-hybridized carbons (Fsp3) is 0.263. The molecule has 4 N–H and O–H groups in total. The lowest BCUT2D eigenvalue weighted by atomic mass is 10.1. The van der Waals surface area contributed by atoms with Gasteiger partial charge in [-0.1, -0.05) is 18.2 Å². The molecule has 0 aliphatic heterocycles. The van der Waals surface area contributed by atoms with Crippen LogP contribution < -0.4 is 16.4 Å². The highest BCUT2D eigenvalue weighted by molar-refractivity contribution is 6.05. The van der Waals surface area contributed by atoms with E-state index in [1.165, 1.54) is 0 Å². The third kappa shape index (κ3) is 3.81. The Morgan fingerprint density at radius 3 is 2.42 bits per heavy atom. The molecule has 2 amide bonds. The van der Waals surface area contributed by atoms with Crippen molar-refractivity contribution in [3.63, 3.8) is 0 Å². The molecule has 5 heteroatoms. The van der Waals surface area contributed by atoms with Crippen molar-refractivity contribution >= 4 is 23.2 Å². The van der Waals surface area contributed by atoms with Gasteiger partial charge in [0.2, 0.25) is 5.91 Å². The van der Waals surface area contributed by atoms with Gasteiger partial charge in [0.05, 0.1) is 0 Å². The number of nitrogens with two attached hydrogens (primary N) is 1. The van der Waals surface area contributed by atoms with Gasteiger partial charge in [-0.15, -0.1) is 0 Å². The topological polar surface area (TPSA) is 84.2 Å². The van der Waals surface area contributed by atoms with E-state index in [1.54, 1.807) is 18.2 Å². The number of benzene rings is 2. The van der Waals surface area contributed by atoms with Crippen LogP contribution in [-0.2, 0) is 11.3 Å². The zero-order chi connectivity index (χ0) is 17.1. The molecule has 0 bridgehead atoms. The number of aryl methyl sites for hydroxylation is 1. The first-order valence-electron chi connectivity index (χ1n) is 8.08. The Labute approximate surface area is 141 Å². The summed E-state index contributed by atoms with van der Waals surface area (Å²) in [7, 11) is 0. The highest BCUT2D eigenvalue weighted by Crippen LogP contribution is 2.30. The number of anilines is 2. The summed E-state index contributed by atoms with van der Waals surface area (Å²) in [5.74, 6) is 0.00578. The molecule has 0 unspecified atom stereocenters. The molecule has 0 atom stereocenters. The van der Waals surface area contributed by atoms with E-state index in [0.29, 0.717) is 23.5 Å². The molecule has 2 aromatic carbocycles. The Kier molecular flexibility index (Phi) is 4.62. The van der Waals surface area contributed by atoms with Crippen molar-refractivity contribution in [2.45, 2.75) is 26.3 Å². The third-order valence-electron chi connectivity index (χ3n) is 4.15. The predicted molar refractivity (Wildman–Crippen MR) is 94.8 cm³/mol. The fourth-order valence-corrected chi connectivity index (χ4v) is 2.41. The first kappa shape index (κ1) is 16.2. The lowest BCUT2D eigenvalue weighted by Gasteiger charge is -2.12. The Hall–Kier alpha value is -2.66. The van der Waals surface area contributed by atoms with Gasteiger partial charge in [-0.05, 0) is 55.2 Å². The molecule has 0 aromatic heterocycles. The summed E-state index contributed by atoms with van der Waals surface area (Å²) in [5.41, 5.74) is 9.44. The second kappa shape index (κ2) is 6.84. The summed E-state index contributed by atoms with van der Waals surface area (Å²) in [6.45, 7) is 2.36. The standard InChI is InChI=1S/C19H21N3O2/c1-12-2-9-16(21-18(23)15-7-8-15)10-17(12)22-19(24)14-5-3-13(11-20)4-6-14/h2-6,9-10,15H,7-8,11,20H2,1H3,(H,21,23)(H,22,24). The molecule has 0 heterocycles. The lowest BCUT2D eigenvalue weighted by molar-refractivity contribution is -0.117. The zero-order valence-electron chi connectivity index (χ0n) is 13.6. The Bertz CT molecular complexity index is 765. The SMILES string of the molecule is Cc1ccc(NC(=O)C2CC2)cc1NC(=O)c1ccc(CN)cc1. The summed E-state index contributed by atoms with van der Waals surface area (Å²) in [5, 5.41) is 5.80. The second-order valence-corrected chi connectivity index (χ2v) is 6.15. The van der Waals surface area contributed by atoms with Gasteiger partial charge in [-0.2, -0.15) is 0 Å². The first-order chi connectivity index (χ1) is 11.6. The van der Waals surface area contributed by atoms with Crippen LogP contribution in [-0.4, -0.2) is 11.8 Å². The maximum absolute atomic E-state index is 12.4. The van der Waals surface area contributed by atoms with Gasteiger partial charge in [0.1, 0.15) is 0 Å². The molecule has 0 saturated heterocycles. The summed E-state index contributed by atoms with van der Waals surface area (Å²) in [6, 6.07) is 12.7. The second-order valence-electron chi connectivity index (χ2n) is 6.15. The van der Waals surface area contributed by atoms with Crippen LogP contribution in [0, 0.1) is 12.8 Å². The normalized spacial score (nSPS) is 13.4. The minimum atomic E-state index is -0.188. The van der Waals surface area contributed by atoms with E-state index in [-0.39, 0.29) is 17.7 Å². The summed E-state index contributed by atoms with van der Waals surface area (Å²) < 4.78 is 0. The summed E-state index contributed by atoms with van der Waals surface area (Å²) in [4.78, 5) is 24.3.